The van der Waals surface area contributed by atoms with Gasteiger partial charge in [-0.25, -0.2) is 8.78 Å². The Morgan fingerprint density at radius 3 is 2.32 bits per heavy atom. The molecule has 0 heterocycles. The summed E-state index contributed by atoms with van der Waals surface area (Å²) in [5.74, 6) is -3.12. The lowest BCUT2D eigenvalue weighted by Gasteiger charge is -2.23. The van der Waals surface area contributed by atoms with Gasteiger partial charge >= 0.3 is 0 Å². The van der Waals surface area contributed by atoms with E-state index in [0.29, 0.717) is 19.6 Å². The minimum absolute atomic E-state index is 0.345. The second kappa shape index (κ2) is 7.84. The number of halogens is 2. The molecule has 0 aliphatic carbocycles. The lowest BCUT2D eigenvalue weighted by atomic mass is 9.91. The molecule has 2 amide bonds. The molecular formula is C15H20F2N2O3. The monoisotopic (exact) mass is 314 g/mol. The maximum atomic E-state index is 13.5. The predicted octanol–water partition coefficient (Wildman–Crippen LogP) is 2.08. The highest BCUT2D eigenvalue weighted by atomic mass is 19.1. The van der Waals surface area contributed by atoms with Gasteiger partial charge in [-0.3, -0.25) is 9.59 Å². The van der Waals surface area contributed by atoms with E-state index in [1.165, 1.54) is 19.9 Å². The summed E-state index contributed by atoms with van der Waals surface area (Å²) < 4.78 is 31.9. The molecule has 0 bridgehead atoms. The molecule has 122 valence electrons. The Balaban J connectivity index is 2.71. The fraction of sp³-hybridized carbons (Fsp3) is 0.467. The number of hydrogen-bond donors (Lipinski definition) is 2. The molecule has 0 aliphatic rings. The first-order valence-electron chi connectivity index (χ1n) is 6.83. The fourth-order valence-electron chi connectivity index (χ4n) is 1.63. The third-order valence-electron chi connectivity index (χ3n) is 3.15. The quantitative estimate of drug-likeness (QED) is 0.598. The number of methoxy groups -OCH3 is 1. The van der Waals surface area contributed by atoms with Crippen LogP contribution in [0.1, 0.15) is 20.3 Å². The van der Waals surface area contributed by atoms with Gasteiger partial charge in [0, 0.05) is 20.3 Å². The standard InChI is InChI=1S/C15H20F2N2O3/c1-15(2,13(20)18-8-5-9-22-3)14(21)19-12-10(16)6-4-7-11(12)17/h4,6-7H,5,8-9H2,1-3H3,(H,18,20)(H,19,21). The summed E-state index contributed by atoms with van der Waals surface area (Å²) in [6.07, 6.45) is 0.599. The van der Waals surface area contributed by atoms with Crippen molar-refractivity contribution in [2.45, 2.75) is 20.3 Å². The van der Waals surface area contributed by atoms with Gasteiger partial charge in [-0.2, -0.15) is 0 Å². The van der Waals surface area contributed by atoms with Crippen molar-refractivity contribution in [1.29, 1.82) is 0 Å². The van der Waals surface area contributed by atoms with Gasteiger partial charge in [0.15, 0.2) is 0 Å². The Bertz CT molecular complexity index is 527. The van der Waals surface area contributed by atoms with Crippen molar-refractivity contribution in [2.75, 3.05) is 25.6 Å². The zero-order chi connectivity index (χ0) is 16.8. The first-order chi connectivity index (χ1) is 10.3. The average Bonchev–Trinajstić information content (AvgIpc) is 2.47. The van der Waals surface area contributed by atoms with Crippen molar-refractivity contribution >= 4 is 17.5 Å². The van der Waals surface area contributed by atoms with Crippen LogP contribution in [-0.4, -0.2) is 32.1 Å². The number of benzene rings is 1. The molecule has 1 aromatic rings. The largest absolute Gasteiger partial charge is 0.385 e. The van der Waals surface area contributed by atoms with Crippen molar-refractivity contribution in [1.82, 2.24) is 5.32 Å². The van der Waals surface area contributed by atoms with E-state index >= 15 is 0 Å². The summed E-state index contributed by atoms with van der Waals surface area (Å²) in [6, 6.07) is 3.24. The first kappa shape index (κ1) is 18.0. The molecule has 1 rings (SSSR count). The maximum Gasteiger partial charge on any atom is 0.239 e. The van der Waals surface area contributed by atoms with Gasteiger partial charge < -0.3 is 15.4 Å². The predicted molar refractivity (Wildman–Crippen MR) is 78.3 cm³/mol. The highest BCUT2D eigenvalue weighted by molar-refractivity contribution is 6.09. The van der Waals surface area contributed by atoms with Crippen LogP contribution in [0.15, 0.2) is 18.2 Å². The number of anilines is 1. The number of para-hydroxylation sites is 1. The minimum atomic E-state index is -1.47. The fourth-order valence-corrected chi connectivity index (χ4v) is 1.63. The van der Waals surface area contributed by atoms with E-state index in [2.05, 4.69) is 10.6 Å². The summed E-state index contributed by atoms with van der Waals surface area (Å²) in [5.41, 5.74) is -2.03. The van der Waals surface area contributed by atoms with Crippen LogP contribution >= 0.6 is 0 Å². The number of amides is 2. The molecule has 0 unspecified atom stereocenters. The summed E-state index contributed by atoms with van der Waals surface area (Å²) >= 11 is 0. The van der Waals surface area contributed by atoms with Crippen LogP contribution in [0, 0.1) is 17.0 Å². The number of hydrogen-bond acceptors (Lipinski definition) is 3. The van der Waals surface area contributed by atoms with Crippen molar-refractivity contribution in [3.05, 3.63) is 29.8 Å². The highest BCUT2D eigenvalue weighted by Gasteiger charge is 2.36. The molecule has 7 heteroatoms. The lowest BCUT2D eigenvalue weighted by Crippen LogP contribution is -2.45. The van der Waals surface area contributed by atoms with E-state index in [-0.39, 0.29) is 0 Å². The number of ether oxygens (including phenoxy) is 1. The number of carbonyl (C=O) groups is 2. The van der Waals surface area contributed by atoms with Gasteiger partial charge in [0.25, 0.3) is 0 Å². The topological polar surface area (TPSA) is 67.4 Å². The summed E-state index contributed by atoms with van der Waals surface area (Å²) in [7, 11) is 1.54. The average molecular weight is 314 g/mol. The van der Waals surface area contributed by atoms with Crippen molar-refractivity contribution in [2.24, 2.45) is 5.41 Å². The van der Waals surface area contributed by atoms with Crippen LogP contribution in [0.5, 0.6) is 0 Å². The zero-order valence-electron chi connectivity index (χ0n) is 12.8. The molecule has 5 nitrogen and oxygen atoms in total. The zero-order valence-corrected chi connectivity index (χ0v) is 12.8. The molecule has 0 saturated carbocycles. The van der Waals surface area contributed by atoms with Crippen LogP contribution < -0.4 is 10.6 Å². The van der Waals surface area contributed by atoms with E-state index in [4.69, 9.17) is 4.74 Å². The smallest absolute Gasteiger partial charge is 0.239 e. The van der Waals surface area contributed by atoms with E-state index in [9.17, 15) is 18.4 Å². The molecule has 0 fully saturated rings. The third-order valence-corrected chi connectivity index (χ3v) is 3.15. The molecule has 2 N–H and O–H groups in total. The normalized spacial score (nSPS) is 11.1. The molecular weight excluding hydrogens is 294 g/mol. The van der Waals surface area contributed by atoms with E-state index in [1.807, 2.05) is 0 Å². The summed E-state index contributed by atoms with van der Waals surface area (Å²) in [5, 5.41) is 4.71. The Morgan fingerprint density at radius 2 is 1.77 bits per heavy atom. The number of carbonyl (C=O) groups excluding carboxylic acids is 2. The van der Waals surface area contributed by atoms with Crippen LogP contribution in [-0.2, 0) is 14.3 Å². The van der Waals surface area contributed by atoms with E-state index in [1.54, 1.807) is 7.11 Å². The molecule has 0 aromatic heterocycles. The molecule has 0 spiro atoms. The van der Waals surface area contributed by atoms with Crippen molar-refractivity contribution in [3.63, 3.8) is 0 Å². The van der Waals surface area contributed by atoms with Gasteiger partial charge in [-0.05, 0) is 32.4 Å². The van der Waals surface area contributed by atoms with Crippen LogP contribution in [0.25, 0.3) is 0 Å². The van der Waals surface area contributed by atoms with Crippen LogP contribution in [0.2, 0.25) is 0 Å². The molecule has 0 aliphatic heterocycles. The Kier molecular flexibility index (Phi) is 6.42. The summed E-state index contributed by atoms with van der Waals surface area (Å²) in [4.78, 5) is 24.2. The van der Waals surface area contributed by atoms with Gasteiger partial charge in [-0.15, -0.1) is 0 Å². The molecule has 0 radical (unpaired) electrons. The maximum absolute atomic E-state index is 13.5. The van der Waals surface area contributed by atoms with Gasteiger partial charge in [0.1, 0.15) is 22.7 Å². The molecule has 0 saturated heterocycles. The minimum Gasteiger partial charge on any atom is -0.385 e. The Hall–Kier alpha value is -2.02. The van der Waals surface area contributed by atoms with Gasteiger partial charge in [0.05, 0.1) is 0 Å². The van der Waals surface area contributed by atoms with Gasteiger partial charge in [-0.1, -0.05) is 6.07 Å². The lowest BCUT2D eigenvalue weighted by molar-refractivity contribution is -0.138. The molecule has 1 aromatic carbocycles. The van der Waals surface area contributed by atoms with Crippen LogP contribution in [0.4, 0.5) is 14.5 Å². The molecule has 22 heavy (non-hydrogen) atoms. The Labute approximate surface area is 128 Å². The highest BCUT2D eigenvalue weighted by Crippen LogP contribution is 2.23. The van der Waals surface area contributed by atoms with Crippen LogP contribution in [0.3, 0.4) is 0 Å². The Morgan fingerprint density at radius 1 is 1.18 bits per heavy atom. The number of rotatable bonds is 7. The van der Waals surface area contributed by atoms with Gasteiger partial charge in [0.2, 0.25) is 11.8 Å². The second-order valence-electron chi connectivity index (χ2n) is 5.28. The van der Waals surface area contributed by atoms with Crippen molar-refractivity contribution < 1.29 is 23.1 Å². The number of nitrogens with one attached hydrogen (secondary N) is 2. The summed E-state index contributed by atoms with van der Waals surface area (Å²) in [6.45, 7) is 3.59. The SMILES string of the molecule is COCCCNC(=O)C(C)(C)C(=O)Nc1c(F)cccc1F. The van der Waals surface area contributed by atoms with E-state index < -0.39 is 34.6 Å². The van der Waals surface area contributed by atoms with E-state index in [0.717, 1.165) is 12.1 Å². The third kappa shape index (κ3) is 4.49. The molecule has 0 atom stereocenters. The second-order valence-corrected chi connectivity index (χ2v) is 5.28. The first-order valence-corrected chi connectivity index (χ1v) is 6.83. The van der Waals surface area contributed by atoms with Crippen molar-refractivity contribution in [3.8, 4) is 0 Å².